The predicted molar refractivity (Wildman–Crippen MR) is 92.9 cm³/mol. The lowest BCUT2D eigenvalue weighted by molar-refractivity contribution is -0.384. The number of hydrogen-bond acceptors (Lipinski definition) is 5. The van der Waals surface area contributed by atoms with Crippen molar-refractivity contribution in [1.29, 1.82) is 5.26 Å². The predicted octanol–water partition coefficient (Wildman–Crippen LogP) is 3.54. The first-order chi connectivity index (χ1) is 12.0. The number of benzene rings is 2. The van der Waals surface area contributed by atoms with E-state index in [1.54, 1.807) is 24.3 Å². The Labute approximate surface area is 144 Å². The number of non-ortho nitro benzene ring substituents is 1. The number of nitriles is 1. The maximum atomic E-state index is 12.2. The van der Waals surface area contributed by atoms with Crippen molar-refractivity contribution in [3.05, 3.63) is 69.8 Å². The summed E-state index contributed by atoms with van der Waals surface area (Å²) in [5, 5.41) is 22.5. The van der Waals surface area contributed by atoms with Gasteiger partial charge in [-0.1, -0.05) is 6.07 Å². The zero-order chi connectivity index (χ0) is 18.2. The molecule has 0 saturated carbocycles. The molecule has 2 aromatic carbocycles. The lowest BCUT2D eigenvalue weighted by atomic mass is 10.1. The van der Waals surface area contributed by atoms with Crippen LogP contribution in [-0.2, 0) is 4.79 Å². The van der Waals surface area contributed by atoms with Crippen LogP contribution in [0.4, 0.5) is 11.4 Å². The van der Waals surface area contributed by atoms with E-state index in [-0.39, 0.29) is 11.3 Å². The molecule has 7 heteroatoms. The molecule has 0 heterocycles. The molecule has 0 radical (unpaired) electrons. The van der Waals surface area contributed by atoms with Gasteiger partial charge in [0.1, 0.15) is 17.4 Å². The molecule has 0 aromatic heterocycles. The first kappa shape index (κ1) is 17.7. The number of hydrogen-bond donors (Lipinski definition) is 1. The second-order valence-corrected chi connectivity index (χ2v) is 4.93. The number of nitro benzene ring substituents is 1. The largest absolute Gasteiger partial charge is 0.494 e. The number of anilines is 1. The van der Waals surface area contributed by atoms with Crippen molar-refractivity contribution in [3.63, 3.8) is 0 Å². The lowest BCUT2D eigenvalue weighted by Gasteiger charge is -2.07. The van der Waals surface area contributed by atoms with Gasteiger partial charge >= 0.3 is 0 Å². The van der Waals surface area contributed by atoms with E-state index in [0.717, 1.165) is 0 Å². The number of nitrogens with one attached hydrogen (secondary N) is 1. The Bertz CT molecular complexity index is 851. The van der Waals surface area contributed by atoms with Crippen LogP contribution < -0.4 is 10.1 Å². The molecule has 1 N–H and O–H groups in total. The lowest BCUT2D eigenvalue weighted by Crippen LogP contribution is -2.13. The summed E-state index contributed by atoms with van der Waals surface area (Å²) in [7, 11) is 0. The van der Waals surface area contributed by atoms with Crippen LogP contribution >= 0.6 is 0 Å². The van der Waals surface area contributed by atoms with Gasteiger partial charge in [-0.05, 0) is 42.8 Å². The highest BCUT2D eigenvalue weighted by atomic mass is 16.6. The number of rotatable bonds is 6. The van der Waals surface area contributed by atoms with Crippen LogP contribution in [0.15, 0.2) is 54.1 Å². The van der Waals surface area contributed by atoms with E-state index in [1.807, 2.05) is 13.0 Å². The summed E-state index contributed by atoms with van der Waals surface area (Å²) in [5.41, 5.74) is 0.838. The topological polar surface area (TPSA) is 105 Å². The molecule has 1 amide bonds. The number of nitro groups is 1. The van der Waals surface area contributed by atoms with Crippen LogP contribution in [0, 0.1) is 21.4 Å². The van der Waals surface area contributed by atoms with Crippen LogP contribution in [0.2, 0.25) is 0 Å². The van der Waals surface area contributed by atoms with Crippen molar-refractivity contribution in [2.45, 2.75) is 6.92 Å². The van der Waals surface area contributed by atoms with Crippen LogP contribution in [0.1, 0.15) is 12.5 Å². The minimum absolute atomic E-state index is 0.0622. The molecule has 0 fully saturated rings. The normalized spacial score (nSPS) is 10.6. The Morgan fingerprint density at radius 3 is 2.64 bits per heavy atom. The SMILES string of the molecule is CCOc1cccc(NC(=O)/C(C#N)=C/c2ccc([N+](=O)[O-])cc2)c1. The average Bonchev–Trinajstić information content (AvgIpc) is 2.60. The zero-order valence-electron chi connectivity index (χ0n) is 13.4. The van der Waals surface area contributed by atoms with Crippen LogP contribution in [0.25, 0.3) is 6.08 Å². The fraction of sp³-hybridized carbons (Fsp3) is 0.111. The highest BCUT2D eigenvalue weighted by Gasteiger charge is 2.11. The van der Waals surface area contributed by atoms with Gasteiger partial charge in [0.25, 0.3) is 11.6 Å². The van der Waals surface area contributed by atoms with E-state index in [1.165, 1.54) is 30.3 Å². The Morgan fingerprint density at radius 2 is 2.04 bits per heavy atom. The van der Waals surface area contributed by atoms with Gasteiger partial charge in [-0.15, -0.1) is 0 Å². The minimum Gasteiger partial charge on any atom is -0.494 e. The molecule has 0 aliphatic rings. The Morgan fingerprint density at radius 1 is 1.32 bits per heavy atom. The van der Waals surface area contributed by atoms with Crippen molar-refractivity contribution >= 4 is 23.4 Å². The third-order valence-electron chi connectivity index (χ3n) is 3.18. The fourth-order valence-electron chi connectivity index (χ4n) is 2.04. The number of carbonyl (C=O) groups is 1. The van der Waals surface area contributed by atoms with Gasteiger partial charge in [0, 0.05) is 23.9 Å². The molecule has 0 aliphatic carbocycles. The van der Waals surface area contributed by atoms with Gasteiger partial charge in [0.15, 0.2) is 0 Å². The van der Waals surface area contributed by atoms with Gasteiger partial charge < -0.3 is 10.1 Å². The molecule has 0 unspecified atom stereocenters. The van der Waals surface area contributed by atoms with Crippen molar-refractivity contribution < 1.29 is 14.5 Å². The molecular formula is C18H15N3O4. The number of amides is 1. The molecule has 7 nitrogen and oxygen atoms in total. The van der Waals surface area contributed by atoms with E-state index >= 15 is 0 Å². The third kappa shape index (κ3) is 4.91. The van der Waals surface area contributed by atoms with Gasteiger partial charge in [0.05, 0.1) is 11.5 Å². The van der Waals surface area contributed by atoms with Crippen LogP contribution in [0.3, 0.4) is 0 Å². The molecule has 126 valence electrons. The second kappa shape index (κ2) is 8.26. The van der Waals surface area contributed by atoms with Crippen molar-refractivity contribution in [3.8, 4) is 11.8 Å². The maximum Gasteiger partial charge on any atom is 0.269 e. The summed E-state index contributed by atoms with van der Waals surface area (Å²) in [6.45, 7) is 2.35. The summed E-state index contributed by atoms with van der Waals surface area (Å²) in [6, 6.07) is 14.2. The van der Waals surface area contributed by atoms with Gasteiger partial charge in [-0.25, -0.2) is 0 Å². The summed E-state index contributed by atoms with van der Waals surface area (Å²) in [4.78, 5) is 22.4. The van der Waals surface area contributed by atoms with E-state index in [9.17, 15) is 20.2 Å². The molecule has 2 rings (SSSR count). The number of nitrogens with zero attached hydrogens (tertiary/aromatic N) is 2. The van der Waals surface area contributed by atoms with Crippen molar-refractivity contribution in [2.24, 2.45) is 0 Å². The van der Waals surface area contributed by atoms with Gasteiger partial charge in [0.2, 0.25) is 0 Å². The molecule has 0 atom stereocenters. The average molecular weight is 337 g/mol. The first-order valence-electron chi connectivity index (χ1n) is 7.44. The quantitative estimate of drug-likeness (QED) is 0.375. The maximum absolute atomic E-state index is 12.2. The van der Waals surface area contributed by atoms with E-state index in [4.69, 9.17) is 4.74 Å². The Hall–Kier alpha value is -3.66. The highest BCUT2D eigenvalue weighted by molar-refractivity contribution is 6.09. The third-order valence-corrected chi connectivity index (χ3v) is 3.18. The monoisotopic (exact) mass is 337 g/mol. The minimum atomic E-state index is -0.575. The molecule has 2 aromatic rings. The number of ether oxygens (including phenoxy) is 1. The fourth-order valence-corrected chi connectivity index (χ4v) is 2.04. The highest BCUT2D eigenvalue weighted by Crippen LogP contribution is 2.19. The number of carbonyl (C=O) groups excluding carboxylic acids is 1. The summed E-state index contributed by atoms with van der Waals surface area (Å²) < 4.78 is 5.36. The first-order valence-corrected chi connectivity index (χ1v) is 7.44. The van der Waals surface area contributed by atoms with E-state index in [2.05, 4.69) is 5.32 Å². The Kier molecular flexibility index (Phi) is 5.85. The van der Waals surface area contributed by atoms with E-state index < -0.39 is 10.8 Å². The standard InChI is InChI=1S/C18H15N3O4/c1-2-25-17-5-3-4-15(11-17)20-18(22)14(12-19)10-13-6-8-16(9-7-13)21(23)24/h3-11H,2H2,1H3,(H,20,22)/b14-10+. The molecular weight excluding hydrogens is 322 g/mol. The smallest absolute Gasteiger partial charge is 0.269 e. The summed E-state index contributed by atoms with van der Waals surface area (Å²) >= 11 is 0. The zero-order valence-corrected chi connectivity index (χ0v) is 13.4. The van der Waals surface area contributed by atoms with Crippen molar-refractivity contribution in [1.82, 2.24) is 0 Å². The van der Waals surface area contributed by atoms with Crippen LogP contribution in [-0.4, -0.2) is 17.4 Å². The summed E-state index contributed by atoms with van der Waals surface area (Å²) in [6.07, 6.45) is 1.37. The molecule has 0 aliphatic heterocycles. The Balaban J connectivity index is 2.16. The summed E-state index contributed by atoms with van der Waals surface area (Å²) in [5.74, 6) is 0.0349. The van der Waals surface area contributed by atoms with Crippen molar-refractivity contribution in [2.75, 3.05) is 11.9 Å². The van der Waals surface area contributed by atoms with E-state index in [0.29, 0.717) is 23.6 Å². The second-order valence-electron chi connectivity index (χ2n) is 4.93. The van der Waals surface area contributed by atoms with Gasteiger partial charge in [-0.3, -0.25) is 14.9 Å². The van der Waals surface area contributed by atoms with Crippen LogP contribution in [0.5, 0.6) is 5.75 Å². The molecule has 0 spiro atoms. The molecule has 0 bridgehead atoms. The molecule has 0 saturated heterocycles. The molecule has 25 heavy (non-hydrogen) atoms. The van der Waals surface area contributed by atoms with Gasteiger partial charge in [-0.2, -0.15) is 5.26 Å².